The van der Waals surface area contributed by atoms with Crippen molar-refractivity contribution in [2.24, 2.45) is 0 Å². The van der Waals surface area contributed by atoms with Crippen molar-refractivity contribution in [1.82, 2.24) is 24.9 Å². The number of halogens is 3. The number of fused-ring (bicyclic) bond motifs is 2. The second-order valence-electron chi connectivity index (χ2n) is 7.48. The minimum atomic E-state index is -0.994. The Bertz CT molecular complexity index is 1190. The van der Waals surface area contributed by atoms with E-state index in [-0.39, 0.29) is 24.8 Å². The van der Waals surface area contributed by atoms with Gasteiger partial charge in [-0.25, -0.2) is 9.37 Å². The van der Waals surface area contributed by atoms with Gasteiger partial charge in [0, 0.05) is 11.6 Å². The number of aryl methyl sites for hydroxylation is 1. The highest BCUT2D eigenvalue weighted by molar-refractivity contribution is 5.86. The van der Waals surface area contributed by atoms with E-state index in [4.69, 9.17) is 9.72 Å². The van der Waals surface area contributed by atoms with Crippen LogP contribution in [0.25, 0.3) is 28.1 Å². The number of para-hydroxylation sites is 1. The Hall–Kier alpha value is -2.48. The van der Waals surface area contributed by atoms with Crippen LogP contribution in [0.15, 0.2) is 48.7 Å². The minimum absolute atomic E-state index is 0. The second-order valence-corrected chi connectivity index (χ2v) is 7.48. The van der Waals surface area contributed by atoms with E-state index in [1.165, 1.54) is 0 Å². The predicted molar refractivity (Wildman–Crippen MR) is 124 cm³/mol. The van der Waals surface area contributed by atoms with Crippen LogP contribution in [0.4, 0.5) is 4.39 Å². The Kier molecular flexibility index (Phi) is 7.30. The molecule has 0 spiro atoms. The molecule has 5 rings (SSSR count). The molecule has 4 aromatic rings. The van der Waals surface area contributed by atoms with Crippen LogP contribution in [0.3, 0.4) is 0 Å². The van der Waals surface area contributed by atoms with Crippen molar-refractivity contribution in [3.63, 3.8) is 0 Å². The molecule has 1 aliphatic heterocycles. The van der Waals surface area contributed by atoms with E-state index in [0.717, 1.165) is 23.1 Å². The van der Waals surface area contributed by atoms with Gasteiger partial charge < -0.3 is 10.1 Å². The van der Waals surface area contributed by atoms with Gasteiger partial charge in [0.05, 0.1) is 0 Å². The van der Waals surface area contributed by atoms with Crippen molar-refractivity contribution < 1.29 is 9.13 Å². The highest BCUT2D eigenvalue weighted by Gasteiger charge is 2.25. The van der Waals surface area contributed by atoms with E-state index in [2.05, 4.69) is 15.5 Å². The first-order valence-corrected chi connectivity index (χ1v) is 9.92. The molecule has 0 bridgehead atoms. The number of nitrogens with one attached hydrogen (secondary N) is 1. The summed E-state index contributed by atoms with van der Waals surface area (Å²) in [5.41, 5.74) is 3.28. The molecule has 3 aromatic heterocycles. The summed E-state index contributed by atoms with van der Waals surface area (Å²) < 4.78 is 22.6. The number of pyridine rings is 2. The average Bonchev–Trinajstić information content (AvgIpc) is 3.04. The summed E-state index contributed by atoms with van der Waals surface area (Å²) in [6, 6.07) is 13.6. The SMILES string of the molecule is Cc1ccc2nnc(-c3ccc4cccc(OC5CCNCCC5F)c4n3)n2c1.Cl.Cl. The van der Waals surface area contributed by atoms with Crippen molar-refractivity contribution in [3.8, 4) is 17.3 Å². The van der Waals surface area contributed by atoms with Crippen molar-refractivity contribution in [1.29, 1.82) is 0 Å². The topological polar surface area (TPSA) is 64.3 Å². The zero-order valence-electron chi connectivity index (χ0n) is 17.0. The molecule has 9 heteroatoms. The Morgan fingerprint density at radius 3 is 2.74 bits per heavy atom. The lowest BCUT2D eigenvalue weighted by Gasteiger charge is -2.21. The molecule has 1 aromatic carbocycles. The van der Waals surface area contributed by atoms with Gasteiger partial charge in [0.1, 0.15) is 29.2 Å². The highest BCUT2D eigenvalue weighted by atomic mass is 35.5. The Morgan fingerprint density at radius 1 is 1.03 bits per heavy atom. The smallest absolute Gasteiger partial charge is 0.187 e. The van der Waals surface area contributed by atoms with Gasteiger partial charge in [0.15, 0.2) is 11.5 Å². The summed E-state index contributed by atoms with van der Waals surface area (Å²) in [4.78, 5) is 4.82. The molecule has 2 atom stereocenters. The predicted octanol–water partition coefficient (Wildman–Crippen LogP) is 4.57. The van der Waals surface area contributed by atoms with Gasteiger partial charge in [-0.1, -0.05) is 24.3 Å². The lowest BCUT2D eigenvalue weighted by atomic mass is 10.1. The molecule has 4 heterocycles. The first-order chi connectivity index (χ1) is 14.2. The second kappa shape index (κ2) is 9.77. The Labute approximate surface area is 192 Å². The van der Waals surface area contributed by atoms with Crippen LogP contribution in [0.5, 0.6) is 5.75 Å². The lowest BCUT2D eigenvalue weighted by molar-refractivity contribution is 0.0983. The van der Waals surface area contributed by atoms with Crippen LogP contribution in [0.1, 0.15) is 18.4 Å². The molecule has 0 radical (unpaired) electrons. The number of benzene rings is 1. The van der Waals surface area contributed by atoms with E-state index in [0.29, 0.717) is 42.2 Å². The molecule has 0 saturated carbocycles. The number of nitrogens with zero attached hydrogens (tertiary/aromatic N) is 4. The largest absolute Gasteiger partial charge is 0.485 e. The van der Waals surface area contributed by atoms with Crippen molar-refractivity contribution in [2.75, 3.05) is 13.1 Å². The normalized spacial score (nSPS) is 18.8. The van der Waals surface area contributed by atoms with Gasteiger partial charge in [0.2, 0.25) is 0 Å². The fourth-order valence-electron chi connectivity index (χ4n) is 3.78. The molecule has 0 aliphatic carbocycles. The maximum atomic E-state index is 14.5. The molecule has 164 valence electrons. The third-order valence-corrected chi connectivity index (χ3v) is 5.35. The van der Waals surface area contributed by atoms with Gasteiger partial charge in [-0.15, -0.1) is 35.0 Å². The first kappa shape index (κ1) is 23.2. The zero-order chi connectivity index (χ0) is 19.8. The van der Waals surface area contributed by atoms with Gasteiger partial charge in [-0.3, -0.25) is 4.40 Å². The molecule has 1 fully saturated rings. The highest BCUT2D eigenvalue weighted by Crippen LogP contribution is 2.29. The van der Waals surface area contributed by atoms with Gasteiger partial charge in [-0.05, 0) is 56.6 Å². The molecule has 2 unspecified atom stereocenters. The van der Waals surface area contributed by atoms with E-state index >= 15 is 0 Å². The fourth-order valence-corrected chi connectivity index (χ4v) is 3.78. The number of hydrogen-bond donors (Lipinski definition) is 1. The zero-order valence-corrected chi connectivity index (χ0v) is 18.6. The Morgan fingerprint density at radius 2 is 1.87 bits per heavy atom. The van der Waals surface area contributed by atoms with E-state index < -0.39 is 12.3 Å². The number of hydrogen-bond acceptors (Lipinski definition) is 5. The monoisotopic (exact) mass is 463 g/mol. The van der Waals surface area contributed by atoms with Crippen LogP contribution >= 0.6 is 24.8 Å². The molecule has 0 amide bonds. The average molecular weight is 464 g/mol. The maximum Gasteiger partial charge on any atom is 0.187 e. The summed E-state index contributed by atoms with van der Waals surface area (Å²) in [7, 11) is 0. The minimum Gasteiger partial charge on any atom is -0.485 e. The third kappa shape index (κ3) is 4.59. The van der Waals surface area contributed by atoms with Crippen molar-refractivity contribution >= 4 is 41.4 Å². The molecular weight excluding hydrogens is 440 g/mol. The summed E-state index contributed by atoms with van der Waals surface area (Å²) in [6.45, 7) is 3.45. The van der Waals surface area contributed by atoms with Crippen LogP contribution in [0.2, 0.25) is 0 Å². The maximum absolute atomic E-state index is 14.5. The molecule has 6 nitrogen and oxygen atoms in total. The van der Waals surface area contributed by atoms with E-state index in [1.807, 2.05) is 60.0 Å². The number of aromatic nitrogens is 4. The lowest BCUT2D eigenvalue weighted by Crippen LogP contribution is -2.28. The van der Waals surface area contributed by atoms with Gasteiger partial charge in [0.25, 0.3) is 0 Å². The summed E-state index contributed by atoms with van der Waals surface area (Å²) in [5.74, 6) is 1.27. The van der Waals surface area contributed by atoms with Crippen LogP contribution in [0, 0.1) is 6.92 Å². The van der Waals surface area contributed by atoms with E-state index in [9.17, 15) is 4.39 Å². The van der Waals surface area contributed by atoms with Crippen molar-refractivity contribution in [2.45, 2.75) is 32.0 Å². The Balaban J connectivity index is 0.00000136. The van der Waals surface area contributed by atoms with Crippen LogP contribution in [-0.4, -0.2) is 44.9 Å². The number of ether oxygens (including phenoxy) is 1. The van der Waals surface area contributed by atoms with Crippen LogP contribution in [-0.2, 0) is 0 Å². The molecule has 1 saturated heterocycles. The number of alkyl halides is 1. The summed E-state index contributed by atoms with van der Waals surface area (Å²) in [6.07, 6.45) is 1.61. The quantitative estimate of drug-likeness (QED) is 0.482. The summed E-state index contributed by atoms with van der Waals surface area (Å²) >= 11 is 0. The van der Waals surface area contributed by atoms with Crippen molar-refractivity contribution in [3.05, 3.63) is 54.2 Å². The first-order valence-electron chi connectivity index (χ1n) is 9.92. The van der Waals surface area contributed by atoms with Gasteiger partial charge in [-0.2, -0.15) is 0 Å². The molecular formula is C22H24Cl2FN5O. The molecule has 1 N–H and O–H groups in total. The molecule has 31 heavy (non-hydrogen) atoms. The van der Waals surface area contributed by atoms with Gasteiger partial charge >= 0.3 is 0 Å². The number of rotatable bonds is 3. The van der Waals surface area contributed by atoms with E-state index in [1.54, 1.807) is 0 Å². The summed E-state index contributed by atoms with van der Waals surface area (Å²) in [5, 5.41) is 12.7. The van der Waals surface area contributed by atoms with Crippen LogP contribution < -0.4 is 10.1 Å². The molecule has 1 aliphatic rings. The third-order valence-electron chi connectivity index (χ3n) is 5.35. The standard InChI is InChI=1S/C22H22FN5O.2ClH/c1-14-5-8-20-26-27-22(28(20)13-14)17-7-6-15-3-2-4-19(21(15)25-17)29-18-10-12-24-11-9-16(18)23;;/h2-8,13,16,18,24H,9-12H2,1H3;2*1H. The fraction of sp³-hybridized carbons (Fsp3) is 0.318.